The Hall–Kier alpha value is -1.14. The quantitative estimate of drug-likeness (QED) is 0.659. The van der Waals surface area contributed by atoms with Crippen LogP contribution in [-0.2, 0) is 19.1 Å². The number of amides is 1. The van der Waals surface area contributed by atoms with E-state index < -0.39 is 0 Å². The molecule has 0 aromatic carbocycles. The lowest BCUT2D eigenvalue weighted by molar-refractivity contribution is -0.146. The van der Waals surface area contributed by atoms with E-state index in [1.807, 2.05) is 0 Å². The van der Waals surface area contributed by atoms with Crippen molar-refractivity contribution in [1.29, 1.82) is 0 Å². The third-order valence-electron chi connectivity index (χ3n) is 2.75. The monoisotopic (exact) mass is 244 g/mol. The van der Waals surface area contributed by atoms with Crippen LogP contribution in [0, 0.1) is 5.92 Å². The highest BCUT2D eigenvalue weighted by Crippen LogP contribution is 2.04. The lowest BCUT2D eigenvalue weighted by Gasteiger charge is -2.28. The van der Waals surface area contributed by atoms with Crippen molar-refractivity contribution < 1.29 is 19.1 Å². The van der Waals surface area contributed by atoms with Crippen LogP contribution in [-0.4, -0.2) is 63.3 Å². The average molecular weight is 244 g/mol. The summed E-state index contributed by atoms with van der Waals surface area (Å²) in [6, 6.07) is -0.307. The fourth-order valence-electron chi connectivity index (χ4n) is 1.77. The van der Waals surface area contributed by atoms with E-state index in [0.717, 1.165) is 0 Å². The van der Waals surface area contributed by atoms with Gasteiger partial charge in [0, 0.05) is 20.1 Å². The van der Waals surface area contributed by atoms with Gasteiger partial charge in [-0.2, -0.15) is 0 Å². The van der Waals surface area contributed by atoms with Gasteiger partial charge in [-0.3, -0.25) is 9.59 Å². The van der Waals surface area contributed by atoms with Crippen molar-refractivity contribution in [1.82, 2.24) is 10.2 Å². The molecule has 0 aliphatic carbocycles. The highest BCUT2D eigenvalue weighted by atomic mass is 16.5. The van der Waals surface area contributed by atoms with Crippen LogP contribution in [0.5, 0.6) is 0 Å². The first kappa shape index (κ1) is 13.9. The van der Waals surface area contributed by atoms with Crippen molar-refractivity contribution in [2.24, 2.45) is 5.92 Å². The number of carbonyl (C=O) groups is 2. The normalized spacial score (nSPS) is 21.7. The summed E-state index contributed by atoms with van der Waals surface area (Å²) in [4.78, 5) is 24.8. The van der Waals surface area contributed by atoms with Crippen LogP contribution in [0.1, 0.15) is 6.92 Å². The minimum absolute atomic E-state index is 0.0551. The maximum absolute atomic E-state index is 12.0. The minimum Gasteiger partial charge on any atom is -0.469 e. The number of likely N-dealkylation sites (N-methyl/N-ethyl adjacent to an activating group) is 1. The van der Waals surface area contributed by atoms with Crippen LogP contribution >= 0.6 is 0 Å². The Bertz CT molecular complexity index is 277. The van der Waals surface area contributed by atoms with Gasteiger partial charge in [0.25, 0.3) is 0 Å². The summed E-state index contributed by atoms with van der Waals surface area (Å²) in [5, 5.41) is 3.08. The van der Waals surface area contributed by atoms with Gasteiger partial charge in [0.1, 0.15) is 6.04 Å². The third-order valence-corrected chi connectivity index (χ3v) is 2.75. The zero-order chi connectivity index (χ0) is 12.8. The van der Waals surface area contributed by atoms with Gasteiger partial charge in [0.05, 0.1) is 26.2 Å². The van der Waals surface area contributed by atoms with Gasteiger partial charge in [-0.05, 0) is 0 Å². The zero-order valence-corrected chi connectivity index (χ0v) is 10.6. The fraction of sp³-hybridized carbons (Fsp3) is 0.818. The molecular formula is C11H20N2O4. The molecule has 1 fully saturated rings. The first-order valence-corrected chi connectivity index (χ1v) is 5.70. The first-order valence-electron chi connectivity index (χ1n) is 5.70. The predicted molar refractivity (Wildman–Crippen MR) is 61.4 cm³/mol. The molecule has 0 bridgehead atoms. The van der Waals surface area contributed by atoms with Crippen molar-refractivity contribution in [3.63, 3.8) is 0 Å². The molecule has 0 radical (unpaired) electrons. The Morgan fingerprint density at radius 3 is 2.82 bits per heavy atom. The second-order valence-corrected chi connectivity index (χ2v) is 4.22. The molecule has 0 aromatic heterocycles. The van der Waals surface area contributed by atoms with E-state index in [-0.39, 0.29) is 23.8 Å². The van der Waals surface area contributed by atoms with Crippen LogP contribution in [0.3, 0.4) is 0 Å². The number of esters is 1. The summed E-state index contributed by atoms with van der Waals surface area (Å²) >= 11 is 0. The number of ether oxygens (including phenoxy) is 2. The lowest BCUT2D eigenvalue weighted by Crippen LogP contribution is -2.52. The van der Waals surface area contributed by atoms with Crippen molar-refractivity contribution >= 4 is 11.9 Å². The average Bonchev–Trinajstić information content (AvgIpc) is 2.37. The third kappa shape index (κ3) is 3.98. The Kier molecular flexibility index (Phi) is 5.37. The molecule has 1 N–H and O–H groups in total. The molecule has 6 heteroatoms. The number of hydrogen-bond acceptors (Lipinski definition) is 5. The Morgan fingerprint density at radius 1 is 1.59 bits per heavy atom. The second-order valence-electron chi connectivity index (χ2n) is 4.22. The van der Waals surface area contributed by atoms with Crippen molar-refractivity contribution in [2.45, 2.75) is 13.0 Å². The van der Waals surface area contributed by atoms with Crippen LogP contribution in [0.25, 0.3) is 0 Å². The van der Waals surface area contributed by atoms with E-state index in [2.05, 4.69) is 10.1 Å². The Balaban J connectivity index is 2.43. The Morgan fingerprint density at radius 2 is 2.29 bits per heavy atom. The standard InChI is InChI=1S/C11H20N2O4/c1-8(11(15)16-3)6-13(2)10(14)9-7-17-5-4-12-9/h8-9,12H,4-7H2,1-3H3. The van der Waals surface area contributed by atoms with Gasteiger partial charge in [0.2, 0.25) is 5.91 Å². The maximum atomic E-state index is 12.0. The molecule has 1 amide bonds. The fourth-order valence-corrected chi connectivity index (χ4v) is 1.77. The van der Waals surface area contributed by atoms with Gasteiger partial charge in [-0.25, -0.2) is 0 Å². The molecule has 1 aliphatic heterocycles. The van der Waals surface area contributed by atoms with Crippen LogP contribution in [0.2, 0.25) is 0 Å². The largest absolute Gasteiger partial charge is 0.469 e. The molecule has 1 saturated heterocycles. The minimum atomic E-state index is -0.321. The summed E-state index contributed by atoms with van der Waals surface area (Å²) in [5.74, 6) is -0.684. The van der Waals surface area contributed by atoms with Crippen molar-refractivity contribution in [3.05, 3.63) is 0 Å². The SMILES string of the molecule is COC(=O)C(C)CN(C)C(=O)C1COCCN1. The van der Waals surface area contributed by atoms with Gasteiger partial charge in [-0.15, -0.1) is 0 Å². The number of morpholine rings is 1. The van der Waals surface area contributed by atoms with E-state index in [0.29, 0.717) is 26.3 Å². The van der Waals surface area contributed by atoms with E-state index in [1.54, 1.807) is 14.0 Å². The van der Waals surface area contributed by atoms with Crippen molar-refractivity contribution in [3.8, 4) is 0 Å². The molecular weight excluding hydrogens is 224 g/mol. The van der Waals surface area contributed by atoms with E-state index >= 15 is 0 Å². The van der Waals surface area contributed by atoms with Gasteiger partial charge in [-0.1, -0.05) is 6.92 Å². The maximum Gasteiger partial charge on any atom is 0.310 e. The van der Waals surface area contributed by atoms with Gasteiger partial charge in [0.15, 0.2) is 0 Å². The highest BCUT2D eigenvalue weighted by Gasteiger charge is 2.26. The molecule has 2 unspecified atom stereocenters. The highest BCUT2D eigenvalue weighted by molar-refractivity contribution is 5.82. The number of hydrogen-bond donors (Lipinski definition) is 1. The van der Waals surface area contributed by atoms with E-state index in [4.69, 9.17) is 4.74 Å². The number of methoxy groups -OCH3 is 1. The number of rotatable bonds is 4. The summed E-state index contributed by atoms with van der Waals surface area (Å²) < 4.78 is 9.85. The molecule has 6 nitrogen and oxygen atoms in total. The summed E-state index contributed by atoms with van der Waals surface area (Å²) in [7, 11) is 3.02. The molecule has 1 heterocycles. The van der Waals surface area contributed by atoms with Gasteiger partial charge >= 0.3 is 5.97 Å². The number of nitrogens with one attached hydrogen (secondary N) is 1. The van der Waals surface area contributed by atoms with Crippen LogP contribution in [0.4, 0.5) is 0 Å². The van der Waals surface area contributed by atoms with Crippen LogP contribution in [0.15, 0.2) is 0 Å². The second kappa shape index (κ2) is 6.56. The predicted octanol–water partition coefficient (Wildman–Crippen LogP) is -0.758. The van der Waals surface area contributed by atoms with E-state index in [9.17, 15) is 9.59 Å². The summed E-state index contributed by atoms with van der Waals surface area (Å²) in [5.41, 5.74) is 0. The molecule has 0 aromatic rings. The first-order chi connectivity index (χ1) is 8.06. The molecule has 0 spiro atoms. The number of nitrogens with zero attached hydrogens (tertiary/aromatic N) is 1. The van der Waals surface area contributed by atoms with E-state index in [1.165, 1.54) is 12.0 Å². The molecule has 17 heavy (non-hydrogen) atoms. The molecule has 98 valence electrons. The van der Waals surface area contributed by atoms with Crippen molar-refractivity contribution in [2.75, 3.05) is 40.5 Å². The van der Waals surface area contributed by atoms with Gasteiger partial charge < -0.3 is 19.7 Å². The summed E-state index contributed by atoms with van der Waals surface area (Å²) in [6.45, 7) is 3.78. The molecule has 2 atom stereocenters. The smallest absolute Gasteiger partial charge is 0.310 e. The lowest BCUT2D eigenvalue weighted by atomic mass is 10.1. The topological polar surface area (TPSA) is 67.9 Å². The zero-order valence-electron chi connectivity index (χ0n) is 10.6. The molecule has 0 saturated carbocycles. The molecule has 1 rings (SSSR count). The van der Waals surface area contributed by atoms with Crippen LogP contribution < -0.4 is 5.32 Å². The number of carbonyl (C=O) groups excluding carboxylic acids is 2. The Labute approximate surface area is 101 Å². The summed E-state index contributed by atoms with van der Waals surface area (Å²) in [6.07, 6.45) is 0. The molecule has 1 aliphatic rings.